The Morgan fingerprint density at radius 3 is 2.71 bits per heavy atom. The van der Waals surface area contributed by atoms with Crippen LogP contribution in [0.2, 0.25) is 0 Å². The van der Waals surface area contributed by atoms with Crippen molar-refractivity contribution in [2.45, 2.75) is 24.9 Å². The van der Waals surface area contributed by atoms with Gasteiger partial charge in [-0.2, -0.15) is 0 Å². The van der Waals surface area contributed by atoms with E-state index in [1.807, 2.05) is 31.2 Å². The van der Waals surface area contributed by atoms with Crippen LogP contribution < -0.4 is 10.1 Å². The zero-order valence-corrected chi connectivity index (χ0v) is 18.2. The highest BCUT2D eigenvalue weighted by Crippen LogP contribution is 2.17. The van der Waals surface area contributed by atoms with Crippen molar-refractivity contribution in [1.29, 1.82) is 0 Å². The molecule has 0 fully saturated rings. The predicted octanol–water partition coefficient (Wildman–Crippen LogP) is 3.70. The molecule has 0 aliphatic rings. The molecule has 8 nitrogen and oxygen atoms in total. The number of ether oxygens (including phenoxy) is 2. The van der Waals surface area contributed by atoms with Gasteiger partial charge in [-0.1, -0.05) is 36.9 Å². The summed E-state index contributed by atoms with van der Waals surface area (Å²) in [5.74, 6) is 1.03. The molecule has 2 N–H and O–H groups in total. The van der Waals surface area contributed by atoms with Crippen LogP contribution in [0, 0.1) is 0 Å². The zero-order valence-electron chi connectivity index (χ0n) is 17.4. The van der Waals surface area contributed by atoms with E-state index >= 15 is 0 Å². The summed E-state index contributed by atoms with van der Waals surface area (Å²) in [6, 6.07) is 14.4. The van der Waals surface area contributed by atoms with Crippen molar-refractivity contribution >= 4 is 29.3 Å². The summed E-state index contributed by atoms with van der Waals surface area (Å²) in [5.41, 5.74) is 2.01. The van der Waals surface area contributed by atoms with Crippen LogP contribution in [-0.4, -0.2) is 46.5 Å². The number of rotatable bonds is 10. The lowest BCUT2D eigenvalue weighted by molar-refractivity contribution is -0.113. The summed E-state index contributed by atoms with van der Waals surface area (Å²) in [4.78, 5) is 28.6. The molecule has 1 heterocycles. The number of amides is 1. The van der Waals surface area contributed by atoms with Gasteiger partial charge in [0.05, 0.1) is 25.0 Å². The van der Waals surface area contributed by atoms with E-state index in [2.05, 4.69) is 20.5 Å². The van der Waals surface area contributed by atoms with Gasteiger partial charge >= 0.3 is 5.97 Å². The Labute approximate surface area is 184 Å². The number of hydrogen-bond donors (Lipinski definition) is 2. The van der Waals surface area contributed by atoms with Crippen molar-refractivity contribution in [1.82, 2.24) is 15.2 Å². The van der Waals surface area contributed by atoms with Crippen LogP contribution in [0.25, 0.3) is 0 Å². The van der Waals surface area contributed by atoms with Crippen molar-refractivity contribution in [3.63, 3.8) is 0 Å². The standard InChI is InChI=1S/C22H24N4O4S/c1-3-11-30-21(28)16-5-4-6-17(13-16)23-20(27)14-31-22-24-19(25-26-22)12-15-7-9-18(29-2)10-8-15/h4-10,13H,3,11-12,14H2,1-2H3,(H,23,27)(H,24,25,26). The SMILES string of the molecule is CCCOC(=O)c1cccc(NC(=O)CSc2n[nH]c(Cc3ccc(OC)cc3)n2)c1. The topological polar surface area (TPSA) is 106 Å². The minimum atomic E-state index is -0.405. The maximum absolute atomic E-state index is 12.3. The summed E-state index contributed by atoms with van der Waals surface area (Å²) >= 11 is 1.23. The first-order valence-corrected chi connectivity index (χ1v) is 10.8. The fourth-order valence-corrected chi connectivity index (χ4v) is 3.30. The number of benzene rings is 2. The molecule has 2 aromatic carbocycles. The van der Waals surface area contributed by atoms with E-state index in [1.54, 1.807) is 31.4 Å². The molecule has 0 bridgehead atoms. The Balaban J connectivity index is 1.49. The van der Waals surface area contributed by atoms with Gasteiger partial charge in [0.1, 0.15) is 11.6 Å². The van der Waals surface area contributed by atoms with Crippen LogP contribution in [0.3, 0.4) is 0 Å². The third-order valence-corrected chi connectivity index (χ3v) is 5.04. The lowest BCUT2D eigenvalue weighted by atomic mass is 10.1. The second kappa shape index (κ2) is 11.2. The molecule has 0 radical (unpaired) electrons. The van der Waals surface area contributed by atoms with E-state index in [1.165, 1.54) is 11.8 Å². The van der Waals surface area contributed by atoms with Crippen LogP contribution >= 0.6 is 11.8 Å². The molecule has 0 aliphatic heterocycles. The number of hydrogen-bond acceptors (Lipinski definition) is 7. The zero-order chi connectivity index (χ0) is 22.1. The van der Waals surface area contributed by atoms with E-state index in [4.69, 9.17) is 9.47 Å². The minimum Gasteiger partial charge on any atom is -0.497 e. The fourth-order valence-electron chi connectivity index (χ4n) is 2.69. The second-order valence-corrected chi connectivity index (χ2v) is 7.59. The molecule has 0 saturated heterocycles. The highest BCUT2D eigenvalue weighted by molar-refractivity contribution is 7.99. The van der Waals surface area contributed by atoms with Gasteiger partial charge in [0, 0.05) is 12.1 Å². The monoisotopic (exact) mass is 440 g/mol. The number of H-pyrrole nitrogens is 1. The highest BCUT2D eigenvalue weighted by Gasteiger charge is 2.11. The lowest BCUT2D eigenvalue weighted by Gasteiger charge is -2.07. The molecule has 9 heteroatoms. The number of esters is 1. The third kappa shape index (κ3) is 6.85. The van der Waals surface area contributed by atoms with Gasteiger partial charge in [-0.25, -0.2) is 9.78 Å². The van der Waals surface area contributed by atoms with Crippen LogP contribution in [-0.2, 0) is 16.0 Å². The number of aromatic amines is 1. The molecule has 0 aliphatic carbocycles. The molecular weight excluding hydrogens is 416 g/mol. The molecule has 0 spiro atoms. The molecule has 162 valence electrons. The number of nitrogens with one attached hydrogen (secondary N) is 2. The fraction of sp³-hybridized carbons (Fsp3) is 0.273. The first-order chi connectivity index (χ1) is 15.1. The number of carbonyl (C=O) groups is 2. The Kier molecular flexibility index (Phi) is 8.05. The average Bonchev–Trinajstić information content (AvgIpc) is 3.24. The quantitative estimate of drug-likeness (QED) is 0.366. The van der Waals surface area contributed by atoms with Crippen molar-refractivity contribution in [3.05, 3.63) is 65.5 Å². The molecule has 1 amide bonds. The first kappa shape index (κ1) is 22.4. The molecule has 3 rings (SSSR count). The van der Waals surface area contributed by atoms with Crippen molar-refractivity contribution in [3.8, 4) is 5.75 Å². The van der Waals surface area contributed by atoms with Gasteiger partial charge in [-0.05, 0) is 42.3 Å². The van der Waals surface area contributed by atoms with Gasteiger partial charge in [-0.15, -0.1) is 5.10 Å². The van der Waals surface area contributed by atoms with Crippen molar-refractivity contribution < 1.29 is 19.1 Å². The van der Waals surface area contributed by atoms with Crippen molar-refractivity contribution in [2.75, 3.05) is 24.8 Å². The highest BCUT2D eigenvalue weighted by atomic mass is 32.2. The number of thioether (sulfide) groups is 1. The van der Waals surface area contributed by atoms with E-state index in [-0.39, 0.29) is 11.7 Å². The van der Waals surface area contributed by atoms with Crippen molar-refractivity contribution in [2.24, 2.45) is 0 Å². The maximum atomic E-state index is 12.3. The molecular formula is C22H24N4O4S. The van der Waals surface area contributed by atoms with E-state index in [0.717, 1.165) is 17.7 Å². The van der Waals surface area contributed by atoms with Crippen LogP contribution in [0.5, 0.6) is 5.75 Å². The number of carbonyl (C=O) groups excluding carboxylic acids is 2. The summed E-state index contributed by atoms with van der Waals surface area (Å²) < 4.78 is 10.3. The largest absolute Gasteiger partial charge is 0.497 e. The molecule has 1 aromatic heterocycles. The number of anilines is 1. The summed E-state index contributed by atoms with van der Waals surface area (Å²) in [5, 5.41) is 10.3. The van der Waals surface area contributed by atoms with Gasteiger partial charge in [0.25, 0.3) is 0 Å². The number of nitrogens with zero attached hydrogens (tertiary/aromatic N) is 2. The second-order valence-electron chi connectivity index (χ2n) is 6.64. The minimum absolute atomic E-state index is 0.143. The molecule has 3 aromatic rings. The molecule has 0 saturated carbocycles. The normalized spacial score (nSPS) is 10.5. The van der Waals surface area contributed by atoms with Crippen LogP contribution in [0.1, 0.15) is 35.1 Å². The average molecular weight is 441 g/mol. The van der Waals surface area contributed by atoms with Gasteiger partial charge < -0.3 is 14.8 Å². The Morgan fingerprint density at radius 2 is 1.97 bits per heavy atom. The number of aromatic nitrogens is 3. The van der Waals surface area contributed by atoms with E-state index in [9.17, 15) is 9.59 Å². The molecule has 31 heavy (non-hydrogen) atoms. The Bertz CT molecular complexity index is 1020. The third-order valence-electron chi connectivity index (χ3n) is 4.19. The van der Waals surface area contributed by atoms with Crippen LogP contribution in [0.4, 0.5) is 5.69 Å². The van der Waals surface area contributed by atoms with E-state index in [0.29, 0.717) is 35.3 Å². The number of methoxy groups -OCH3 is 1. The van der Waals surface area contributed by atoms with E-state index < -0.39 is 5.97 Å². The summed E-state index contributed by atoms with van der Waals surface area (Å²) in [6.07, 6.45) is 1.35. The smallest absolute Gasteiger partial charge is 0.338 e. The maximum Gasteiger partial charge on any atom is 0.338 e. The predicted molar refractivity (Wildman–Crippen MR) is 119 cm³/mol. The Morgan fingerprint density at radius 1 is 1.16 bits per heavy atom. The van der Waals surface area contributed by atoms with Gasteiger partial charge in [0.15, 0.2) is 0 Å². The molecule has 0 atom stereocenters. The summed E-state index contributed by atoms with van der Waals surface area (Å²) in [7, 11) is 1.63. The molecule has 0 unspecified atom stereocenters. The lowest BCUT2D eigenvalue weighted by Crippen LogP contribution is -2.15. The first-order valence-electron chi connectivity index (χ1n) is 9.81. The van der Waals surface area contributed by atoms with Crippen LogP contribution in [0.15, 0.2) is 53.7 Å². The Hall–Kier alpha value is -3.33. The summed E-state index contributed by atoms with van der Waals surface area (Å²) in [6.45, 7) is 2.29. The van der Waals surface area contributed by atoms with Gasteiger partial charge in [0.2, 0.25) is 11.1 Å². The van der Waals surface area contributed by atoms with Gasteiger partial charge in [-0.3, -0.25) is 9.89 Å².